The molecule has 2 N–H and O–H groups in total. The highest BCUT2D eigenvalue weighted by atomic mass is 35.5. The number of rotatable bonds is 11. The molecule has 0 aliphatic rings. The number of halogens is 2. The second-order valence-electron chi connectivity index (χ2n) is 8.40. The first-order valence-corrected chi connectivity index (χ1v) is 12.1. The van der Waals surface area contributed by atoms with E-state index in [0.29, 0.717) is 0 Å². The van der Waals surface area contributed by atoms with Gasteiger partial charge in [-0.05, 0) is 50.1 Å². The van der Waals surface area contributed by atoms with E-state index in [1.165, 1.54) is 26.2 Å². The van der Waals surface area contributed by atoms with E-state index in [-0.39, 0.29) is 52.3 Å². The maximum Gasteiger partial charge on any atom is 0.244 e. The van der Waals surface area contributed by atoms with E-state index >= 15 is 0 Å². The Morgan fingerprint density at radius 3 is 2.35 bits per heavy atom. The zero-order chi connectivity index (χ0) is 24.8. The van der Waals surface area contributed by atoms with Gasteiger partial charge in [0.1, 0.15) is 40.7 Å². The van der Waals surface area contributed by atoms with Crippen molar-refractivity contribution in [2.24, 2.45) is 0 Å². The fourth-order valence-electron chi connectivity index (χ4n) is 3.11. The van der Waals surface area contributed by atoms with Gasteiger partial charge in [-0.3, -0.25) is 0 Å². The van der Waals surface area contributed by atoms with Crippen molar-refractivity contribution in [3.8, 4) is 17.6 Å². The molecule has 2 aromatic carbocycles. The van der Waals surface area contributed by atoms with Gasteiger partial charge in [0.15, 0.2) is 0 Å². The van der Waals surface area contributed by atoms with Crippen LogP contribution in [0.4, 0.5) is 0 Å². The highest BCUT2D eigenvalue weighted by Gasteiger charge is 2.25. The van der Waals surface area contributed by atoms with Crippen LogP contribution in [0.3, 0.4) is 0 Å². The van der Waals surface area contributed by atoms with Crippen molar-refractivity contribution in [2.45, 2.75) is 36.8 Å². The number of nitriles is 1. The Balaban J connectivity index is 0.00000578. The van der Waals surface area contributed by atoms with E-state index in [0.717, 1.165) is 22.0 Å². The van der Waals surface area contributed by atoms with Crippen LogP contribution in [0.25, 0.3) is 0 Å². The number of benzene rings is 2. The number of sulfonamides is 1. The second-order valence-corrected chi connectivity index (χ2v) is 10.9. The van der Waals surface area contributed by atoms with Crippen LogP contribution < -0.4 is 14.8 Å². The summed E-state index contributed by atoms with van der Waals surface area (Å²) in [5, 5.41) is 23.0. The van der Waals surface area contributed by atoms with Gasteiger partial charge in [0.05, 0.1) is 12.1 Å². The van der Waals surface area contributed by atoms with Gasteiger partial charge in [0.2, 0.25) is 10.0 Å². The van der Waals surface area contributed by atoms with E-state index in [4.69, 9.17) is 21.1 Å². The minimum Gasteiger partial charge on any atom is -0.497 e. The first-order valence-electron chi connectivity index (χ1n) is 10.2. The summed E-state index contributed by atoms with van der Waals surface area (Å²) >= 11 is 6.18. The fraction of sp³-hybridized carbons (Fsp3) is 0.435. The fourth-order valence-corrected chi connectivity index (χ4v) is 4.57. The lowest BCUT2D eigenvalue weighted by molar-refractivity contribution is 0.0987. The predicted octanol–water partition coefficient (Wildman–Crippen LogP) is 3.24. The van der Waals surface area contributed by atoms with Crippen molar-refractivity contribution in [1.29, 1.82) is 5.26 Å². The Bertz CT molecular complexity index is 1100. The molecule has 0 aromatic heterocycles. The SMILES string of the molecule is COc1ccc(CC(C)(C)NC[C@@H](O)COc2ccc(S(=O)(=O)N(C)C)c(Cl)c2C#N)cc1.Cl. The Labute approximate surface area is 212 Å². The molecule has 0 fully saturated rings. The van der Waals surface area contributed by atoms with Crippen LogP contribution in [-0.4, -0.2) is 63.8 Å². The van der Waals surface area contributed by atoms with Crippen LogP contribution in [0, 0.1) is 11.3 Å². The number of aliphatic hydroxyl groups is 1. The van der Waals surface area contributed by atoms with Gasteiger partial charge in [-0.1, -0.05) is 23.7 Å². The summed E-state index contributed by atoms with van der Waals surface area (Å²) in [4.78, 5) is -0.180. The lowest BCUT2D eigenvalue weighted by Gasteiger charge is -2.28. The quantitative estimate of drug-likeness (QED) is 0.457. The summed E-state index contributed by atoms with van der Waals surface area (Å²) in [6, 6.07) is 12.3. The number of methoxy groups -OCH3 is 1. The molecule has 0 aliphatic heterocycles. The topological polar surface area (TPSA) is 112 Å². The zero-order valence-electron chi connectivity index (χ0n) is 19.8. The highest BCUT2D eigenvalue weighted by molar-refractivity contribution is 7.89. The first kappa shape index (κ1) is 30.0. The van der Waals surface area contributed by atoms with E-state index in [9.17, 15) is 18.8 Å². The van der Waals surface area contributed by atoms with Crippen molar-refractivity contribution in [1.82, 2.24) is 9.62 Å². The second kappa shape index (κ2) is 12.6. The van der Waals surface area contributed by atoms with Crippen molar-refractivity contribution in [2.75, 3.05) is 34.4 Å². The number of hydrogen-bond acceptors (Lipinski definition) is 7. The summed E-state index contributed by atoms with van der Waals surface area (Å²) in [6.45, 7) is 4.22. The molecule has 0 amide bonds. The van der Waals surface area contributed by atoms with Crippen LogP contribution in [0.1, 0.15) is 25.0 Å². The third-order valence-corrected chi connectivity index (χ3v) is 7.35. The van der Waals surface area contributed by atoms with Gasteiger partial charge in [-0.15, -0.1) is 12.4 Å². The molecule has 0 saturated carbocycles. The lowest BCUT2D eigenvalue weighted by Crippen LogP contribution is -2.46. The molecule has 1 atom stereocenters. The largest absolute Gasteiger partial charge is 0.497 e. The third-order valence-electron chi connectivity index (χ3n) is 4.99. The summed E-state index contributed by atoms with van der Waals surface area (Å²) in [5.74, 6) is 0.901. The monoisotopic (exact) mass is 531 g/mol. The van der Waals surface area contributed by atoms with E-state index < -0.39 is 16.1 Å². The number of β-amino-alcohol motifs (C(OH)–C–C–N with tert-alkyl or cyclic N) is 1. The van der Waals surface area contributed by atoms with Crippen molar-refractivity contribution in [3.63, 3.8) is 0 Å². The van der Waals surface area contributed by atoms with Crippen molar-refractivity contribution >= 4 is 34.0 Å². The standard InChI is InChI=1S/C23H30ClN3O5S.ClH/c1-23(2,12-16-6-8-18(31-5)9-7-16)26-14-17(28)15-32-20-10-11-21(22(24)19(20)13-25)33(29,30)27(3)4;/h6-11,17,26,28H,12,14-15H2,1-5H3;1H/t17-;/m1./s1. The maximum absolute atomic E-state index is 12.4. The van der Waals surface area contributed by atoms with Gasteiger partial charge >= 0.3 is 0 Å². The molecule has 0 radical (unpaired) electrons. The summed E-state index contributed by atoms with van der Waals surface area (Å²) < 4.78 is 36.5. The molecule has 0 unspecified atom stereocenters. The van der Waals surface area contributed by atoms with E-state index in [1.54, 1.807) is 7.11 Å². The number of ether oxygens (including phenoxy) is 2. The van der Waals surface area contributed by atoms with Gasteiger partial charge in [-0.25, -0.2) is 12.7 Å². The molecule has 34 heavy (non-hydrogen) atoms. The average molecular weight is 532 g/mol. The van der Waals surface area contributed by atoms with Crippen LogP contribution in [0.2, 0.25) is 5.02 Å². The molecule has 0 bridgehead atoms. The van der Waals surface area contributed by atoms with E-state index in [2.05, 4.69) is 5.32 Å². The molecule has 0 aliphatic carbocycles. The lowest BCUT2D eigenvalue weighted by atomic mass is 9.94. The number of aliphatic hydroxyl groups excluding tert-OH is 1. The summed E-state index contributed by atoms with van der Waals surface area (Å²) in [7, 11) is 0.561. The molecule has 2 aromatic rings. The number of hydrogen-bond donors (Lipinski definition) is 2. The zero-order valence-corrected chi connectivity index (χ0v) is 22.2. The third kappa shape index (κ3) is 7.73. The molecular weight excluding hydrogens is 501 g/mol. The van der Waals surface area contributed by atoms with Crippen molar-refractivity contribution < 1.29 is 23.0 Å². The Morgan fingerprint density at radius 1 is 1.21 bits per heavy atom. The van der Waals surface area contributed by atoms with Gasteiger partial charge in [-0.2, -0.15) is 5.26 Å². The Kier molecular flexibility index (Phi) is 11.1. The molecule has 0 heterocycles. The minimum absolute atomic E-state index is 0. The molecular formula is C23H31Cl2N3O5S. The smallest absolute Gasteiger partial charge is 0.244 e. The van der Waals surface area contributed by atoms with Crippen LogP contribution >= 0.6 is 24.0 Å². The Hall–Kier alpha value is -2.06. The minimum atomic E-state index is -3.81. The molecule has 0 saturated heterocycles. The predicted molar refractivity (Wildman–Crippen MR) is 135 cm³/mol. The average Bonchev–Trinajstić information content (AvgIpc) is 2.76. The van der Waals surface area contributed by atoms with Crippen LogP contribution in [-0.2, 0) is 16.4 Å². The molecule has 0 spiro atoms. The summed E-state index contributed by atoms with van der Waals surface area (Å²) in [5.41, 5.74) is 0.735. The maximum atomic E-state index is 12.4. The number of nitrogens with zero attached hydrogens (tertiary/aromatic N) is 2. The van der Waals surface area contributed by atoms with Crippen LogP contribution in [0.5, 0.6) is 11.5 Å². The van der Waals surface area contributed by atoms with E-state index in [1.807, 2.05) is 44.2 Å². The summed E-state index contributed by atoms with van der Waals surface area (Å²) in [6.07, 6.45) is -0.128. The molecule has 11 heteroatoms. The van der Waals surface area contributed by atoms with Gasteiger partial charge in [0, 0.05) is 26.2 Å². The normalized spacial score (nSPS) is 12.6. The van der Waals surface area contributed by atoms with Gasteiger partial charge < -0.3 is 19.9 Å². The highest BCUT2D eigenvalue weighted by Crippen LogP contribution is 2.33. The first-order chi connectivity index (χ1) is 15.4. The molecule has 8 nitrogen and oxygen atoms in total. The van der Waals surface area contributed by atoms with Crippen LogP contribution in [0.15, 0.2) is 41.3 Å². The van der Waals surface area contributed by atoms with Crippen molar-refractivity contribution in [3.05, 3.63) is 52.5 Å². The molecule has 188 valence electrons. The Morgan fingerprint density at radius 2 is 1.82 bits per heavy atom. The molecule has 2 rings (SSSR count). The van der Waals surface area contributed by atoms with Gasteiger partial charge in [0.25, 0.3) is 0 Å². The number of nitrogens with one attached hydrogen (secondary N) is 1.